The van der Waals surface area contributed by atoms with Crippen LogP contribution in [0, 0.1) is 24.1 Å². The van der Waals surface area contributed by atoms with Gasteiger partial charge >= 0.3 is 24.4 Å². The zero-order valence-electron chi connectivity index (χ0n) is 25.4. The number of methoxy groups -OCH3 is 1. The van der Waals surface area contributed by atoms with Crippen LogP contribution in [0.5, 0.6) is 0 Å². The quantitative estimate of drug-likeness (QED) is 0.252. The highest BCUT2D eigenvalue weighted by molar-refractivity contribution is 5.81. The molecule has 0 bridgehead atoms. The number of aryl methyl sites for hydroxylation is 1. The first kappa shape index (κ1) is 33.0. The first-order valence-corrected chi connectivity index (χ1v) is 14.9. The molecule has 1 saturated carbocycles. The molecule has 45 heavy (non-hydrogen) atoms. The van der Waals surface area contributed by atoms with Gasteiger partial charge in [0.1, 0.15) is 5.82 Å². The molecule has 2 aliphatic heterocycles. The number of alkyl halides is 6. The summed E-state index contributed by atoms with van der Waals surface area (Å²) in [6.07, 6.45) is -7.45. The minimum absolute atomic E-state index is 0.0212. The third-order valence-electron chi connectivity index (χ3n) is 9.98. The molecule has 3 fully saturated rings. The van der Waals surface area contributed by atoms with Crippen LogP contribution in [0.4, 0.5) is 35.5 Å². The lowest BCUT2D eigenvalue weighted by Crippen LogP contribution is -2.54. The number of halogens is 7. The number of rotatable bonds is 5. The van der Waals surface area contributed by atoms with Crippen LogP contribution < -0.4 is 0 Å². The van der Waals surface area contributed by atoms with E-state index < -0.39 is 52.8 Å². The van der Waals surface area contributed by atoms with Crippen LogP contribution in [0.25, 0.3) is 0 Å². The Morgan fingerprint density at radius 2 is 1.64 bits per heavy atom. The topological polar surface area (TPSA) is 53.1 Å². The van der Waals surface area contributed by atoms with Gasteiger partial charge in [-0.3, -0.25) is 9.69 Å². The fraction of sp³-hybridized carbons (Fsp3) is 0.562. The molecule has 2 heterocycles. The number of piperidine rings is 2. The molecule has 2 aromatic carbocycles. The standard InChI is InChI=1S/C32H36F7N3O3/c1-18-11-24(33)5-6-26(18)27-15-25(41-9-7-21-16-30(21,17-41)28(43)45-4)8-10-42(27)29(44)40(3)19(2)20-12-22(31(34,35)36)14-23(13-20)32(37,38)39/h5-6,11-14,19,21,25,27H,7-10,15-17H2,1-4H3. The molecular weight excluding hydrogens is 607 g/mol. The Morgan fingerprint density at radius 3 is 2.22 bits per heavy atom. The number of carbonyl (C=O) groups is 2. The average Bonchev–Trinajstić information content (AvgIpc) is 3.73. The van der Waals surface area contributed by atoms with Gasteiger partial charge in [-0.05, 0) is 99.0 Å². The molecule has 0 N–H and O–H groups in total. The smallest absolute Gasteiger partial charge is 0.416 e. The van der Waals surface area contributed by atoms with Gasteiger partial charge in [0.15, 0.2) is 0 Å². The Kier molecular flexibility index (Phi) is 8.65. The van der Waals surface area contributed by atoms with Crippen molar-refractivity contribution in [1.82, 2.24) is 14.7 Å². The molecule has 6 nitrogen and oxygen atoms in total. The molecule has 2 saturated heterocycles. The average molecular weight is 644 g/mol. The predicted octanol–water partition coefficient (Wildman–Crippen LogP) is 7.38. The van der Waals surface area contributed by atoms with Crippen molar-refractivity contribution in [3.63, 3.8) is 0 Å². The highest BCUT2D eigenvalue weighted by atomic mass is 19.4. The molecule has 246 valence electrons. The minimum atomic E-state index is -5.02. The van der Waals surface area contributed by atoms with Gasteiger partial charge in [0.2, 0.25) is 0 Å². The van der Waals surface area contributed by atoms with E-state index in [2.05, 4.69) is 4.90 Å². The Labute approximate surface area is 257 Å². The lowest BCUT2D eigenvalue weighted by atomic mass is 9.86. The zero-order chi connectivity index (χ0) is 33.1. The van der Waals surface area contributed by atoms with E-state index in [0.29, 0.717) is 42.6 Å². The molecule has 5 atom stereocenters. The number of esters is 1. The third kappa shape index (κ3) is 6.37. The Morgan fingerprint density at radius 1 is 1.00 bits per heavy atom. The SMILES string of the molecule is COC(=O)C12CC1CCN(C1CCN(C(=O)N(C)C(C)c3cc(C(F)(F)F)cc(C(F)(F)F)c3)C(c3ccc(F)cc3C)C1)C2. The Balaban J connectivity index is 1.43. The van der Waals surface area contributed by atoms with Gasteiger partial charge in [-0.25, -0.2) is 9.18 Å². The summed E-state index contributed by atoms with van der Waals surface area (Å²) in [7, 11) is 2.73. The van der Waals surface area contributed by atoms with Gasteiger partial charge in [0, 0.05) is 26.2 Å². The van der Waals surface area contributed by atoms with Crippen LogP contribution in [0.2, 0.25) is 0 Å². The van der Waals surface area contributed by atoms with Crippen molar-refractivity contribution in [3.05, 3.63) is 70.0 Å². The van der Waals surface area contributed by atoms with Crippen LogP contribution in [-0.4, -0.2) is 66.5 Å². The predicted molar refractivity (Wildman–Crippen MR) is 150 cm³/mol. The number of hydrogen-bond acceptors (Lipinski definition) is 4. The van der Waals surface area contributed by atoms with Crippen molar-refractivity contribution in [1.29, 1.82) is 0 Å². The molecule has 0 spiro atoms. The van der Waals surface area contributed by atoms with Crippen molar-refractivity contribution < 1.29 is 45.1 Å². The number of carbonyl (C=O) groups excluding carboxylic acids is 2. The van der Waals surface area contributed by atoms with E-state index in [1.54, 1.807) is 17.9 Å². The van der Waals surface area contributed by atoms with E-state index in [4.69, 9.17) is 4.74 Å². The number of hydrogen-bond donors (Lipinski definition) is 0. The Bertz CT molecular complexity index is 1430. The van der Waals surface area contributed by atoms with Crippen molar-refractivity contribution >= 4 is 12.0 Å². The number of benzene rings is 2. The summed E-state index contributed by atoms with van der Waals surface area (Å²) >= 11 is 0. The molecule has 0 radical (unpaired) electrons. The molecule has 5 unspecified atom stereocenters. The van der Waals surface area contributed by atoms with E-state index in [9.17, 15) is 40.3 Å². The van der Waals surface area contributed by atoms with Crippen LogP contribution in [0.15, 0.2) is 36.4 Å². The van der Waals surface area contributed by atoms with Crippen molar-refractivity contribution in [2.24, 2.45) is 11.3 Å². The maximum absolute atomic E-state index is 14.1. The van der Waals surface area contributed by atoms with E-state index in [0.717, 1.165) is 24.3 Å². The summed E-state index contributed by atoms with van der Waals surface area (Å²) < 4.78 is 100. The van der Waals surface area contributed by atoms with E-state index >= 15 is 0 Å². The number of amides is 2. The summed E-state index contributed by atoms with van der Waals surface area (Å²) in [4.78, 5) is 31.6. The molecular formula is C32H36F7N3O3. The highest BCUT2D eigenvalue weighted by Gasteiger charge is 2.63. The van der Waals surface area contributed by atoms with Crippen LogP contribution >= 0.6 is 0 Å². The van der Waals surface area contributed by atoms with Crippen LogP contribution in [0.3, 0.4) is 0 Å². The van der Waals surface area contributed by atoms with E-state index in [1.165, 1.54) is 33.2 Å². The number of urea groups is 1. The number of fused-ring (bicyclic) bond motifs is 1. The van der Waals surface area contributed by atoms with Crippen molar-refractivity contribution in [3.8, 4) is 0 Å². The lowest BCUT2D eigenvalue weighted by Gasteiger charge is -2.47. The molecule has 5 rings (SSSR count). The van der Waals surface area contributed by atoms with Gasteiger partial charge in [-0.1, -0.05) is 6.07 Å². The molecule has 2 aromatic rings. The number of nitrogens with zero attached hydrogens (tertiary/aromatic N) is 3. The molecule has 2 amide bonds. The number of likely N-dealkylation sites (tertiary alicyclic amines) is 2. The third-order valence-corrected chi connectivity index (χ3v) is 9.98. The molecule has 1 aliphatic carbocycles. The molecule has 13 heteroatoms. The summed E-state index contributed by atoms with van der Waals surface area (Å²) in [6.45, 7) is 4.64. The Hall–Kier alpha value is -3.35. The van der Waals surface area contributed by atoms with Gasteiger partial charge in [-0.2, -0.15) is 26.3 Å². The summed E-state index contributed by atoms with van der Waals surface area (Å²) in [5.41, 5.74) is -2.45. The summed E-state index contributed by atoms with van der Waals surface area (Å²) in [5.74, 6) is -0.399. The van der Waals surface area contributed by atoms with Gasteiger partial charge < -0.3 is 14.5 Å². The highest BCUT2D eigenvalue weighted by Crippen LogP contribution is 2.58. The monoisotopic (exact) mass is 643 g/mol. The zero-order valence-corrected chi connectivity index (χ0v) is 25.4. The van der Waals surface area contributed by atoms with Gasteiger partial charge in [0.25, 0.3) is 0 Å². The fourth-order valence-corrected chi connectivity index (χ4v) is 7.17. The largest absolute Gasteiger partial charge is 0.469 e. The van der Waals surface area contributed by atoms with Crippen LogP contribution in [-0.2, 0) is 21.9 Å². The van der Waals surface area contributed by atoms with Crippen molar-refractivity contribution in [2.75, 3.05) is 33.8 Å². The van der Waals surface area contributed by atoms with E-state index in [-0.39, 0.29) is 36.1 Å². The van der Waals surface area contributed by atoms with Crippen LogP contribution in [0.1, 0.15) is 72.5 Å². The molecule has 0 aromatic heterocycles. The lowest BCUT2D eigenvalue weighted by molar-refractivity contribution is -0.150. The van der Waals surface area contributed by atoms with E-state index in [1.807, 2.05) is 0 Å². The van der Waals surface area contributed by atoms with Gasteiger partial charge in [-0.15, -0.1) is 0 Å². The summed E-state index contributed by atoms with van der Waals surface area (Å²) in [5, 5.41) is 0. The maximum Gasteiger partial charge on any atom is 0.416 e. The first-order chi connectivity index (χ1) is 21.0. The van der Waals surface area contributed by atoms with Gasteiger partial charge in [0.05, 0.1) is 35.7 Å². The minimum Gasteiger partial charge on any atom is -0.469 e. The normalized spacial score (nSPS) is 26.2. The molecule has 3 aliphatic rings. The second kappa shape index (κ2) is 11.8. The number of ether oxygens (including phenoxy) is 1. The van der Waals surface area contributed by atoms with Crippen molar-refractivity contribution in [2.45, 2.75) is 70.0 Å². The maximum atomic E-state index is 14.1. The first-order valence-electron chi connectivity index (χ1n) is 14.9. The fourth-order valence-electron chi connectivity index (χ4n) is 7.17. The second-order valence-corrected chi connectivity index (χ2v) is 12.6. The summed E-state index contributed by atoms with van der Waals surface area (Å²) in [6, 6.07) is 3.30. The second-order valence-electron chi connectivity index (χ2n) is 12.6.